The Bertz CT molecular complexity index is 933. The number of benzene rings is 2. The molecule has 0 atom stereocenters. The molecule has 3 rings (SSSR count). The van der Waals surface area contributed by atoms with E-state index < -0.39 is 17.5 Å². The molecular weight excluding hydrogens is 374 g/mol. The lowest BCUT2D eigenvalue weighted by Gasteiger charge is -2.08. The van der Waals surface area contributed by atoms with E-state index in [1.165, 1.54) is 12.4 Å². The van der Waals surface area contributed by atoms with E-state index in [9.17, 15) is 13.6 Å². The fourth-order valence-corrected chi connectivity index (χ4v) is 2.42. The molecular formula is C19H15ClF2N4O. The number of nitrogens with one attached hydrogen (secondary N) is 2. The third-order valence-electron chi connectivity index (χ3n) is 3.70. The quantitative estimate of drug-likeness (QED) is 0.660. The van der Waals surface area contributed by atoms with Gasteiger partial charge in [0.2, 0.25) is 5.95 Å². The van der Waals surface area contributed by atoms with E-state index in [1.807, 2.05) is 24.3 Å². The Morgan fingerprint density at radius 3 is 2.41 bits per heavy atom. The topological polar surface area (TPSA) is 66.9 Å². The van der Waals surface area contributed by atoms with Crippen molar-refractivity contribution in [1.29, 1.82) is 0 Å². The average Bonchev–Trinajstić information content (AvgIpc) is 2.66. The van der Waals surface area contributed by atoms with Crippen LogP contribution in [0.25, 0.3) is 0 Å². The summed E-state index contributed by atoms with van der Waals surface area (Å²) >= 11 is 5.84. The predicted octanol–water partition coefficient (Wildman–Crippen LogP) is 4.32. The molecule has 27 heavy (non-hydrogen) atoms. The van der Waals surface area contributed by atoms with Gasteiger partial charge in [-0.25, -0.2) is 18.7 Å². The van der Waals surface area contributed by atoms with Gasteiger partial charge in [0.15, 0.2) is 0 Å². The first-order valence-corrected chi connectivity index (χ1v) is 8.46. The number of aromatic nitrogens is 2. The highest BCUT2D eigenvalue weighted by molar-refractivity contribution is 6.30. The predicted molar refractivity (Wildman–Crippen MR) is 100.0 cm³/mol. The van der Waals surface area contributed by atoms with Gasteiger partial charge in [-0.3, -0.25) is 4.79 Å². The second kappa shape index (κ2) is 8.55. The number of hydrogen-bond donors (Lipinski definition) is 2. The highest BCUT2D eigenvalue weighted by atomic mass is 35.5. The molecule has 0 saturated carbocycles. The zero-order valence-corrected chi connectivity index (χ0v) is 14.8. The molecule has 1 aromatic heterocycles. The molecule has 0 fully saturated rings. The normalized spacial score (nSPS) is 10.5. The molecule has 3 aromatic rings. The molecule has 1 amide bonds. The van der Waals surface area contributed by atoms with E-state index in [0.717, 1.165) is 24.1 Å². The van der Waals surface area contributed by atoms with E-state index in [2.05, 4.69) is 20.6 Å². The Morgan fingerprint density at radius 1 is 1.04 bits per heavy atom. The van der Waals surface area contributed by atoms with E-state index in [-0.39, 0.29) is 11.3 Å². The van der Waals surface area contributed by atoms with Crippen LogP contribution in [0.3, 0.4) is 0 Å². The molecule has 8 heteroatoms. The fourth-order valence-electron chi connectivity index (χ4n) is 2.29. The lowest BCUT2D eigenvalue weighted by Crippen LogP contribution is -2.15. The molecule has 0 bridgehead atoms. The van der Waals surface area contributed by atoms with Crippen molar-refractivity contribution in [2.75, 3.05) is 17.2 Å². The van der Waals surface area contributed by atoms with E-state index in [0.29, 0.717) is 23.6 Å². The summed E-state index contributed by atoms with van der Waals surface area (Å²) in [5.74, 6) is -1.80. The van der Waals surface area contributed by atoms with Crippen molar-refractivity contribution in [2.24, 2.45) is 0 Å². The smallest absolute Gasteiger partial charge is 0.258 e. The average molecular weight is 389 g/mol. The van der Waals surface area contributed by atoms with Gasteiger partial charge >= 0.3 is 0 Å². The number of hydrogen-bond acceptors (Lipinski definition) is 4. The number of halogens is 3. The Labute approximate surface area is 159 Å². The van der Waals surface area contributed by atoms with E-state index >= 15 is 0 Å². The molecule has 5 nitrogen and oxygen atoms in total. The summed E-state index contributed by atoms with van der Waals surface area (Å²) in [5, 5.41) is 6.09. The van der Waals surface area contributed by atoms with Gasteiger partial charge in [0.25, 0.3) is 5.91 Å². The van der Waals surface area contributed by atoms with Crippen molar-refractivity contribution >= 4 is 29.1 Å². The number of carbonyl (C=O) groups is 1. The summed E-state index contributed by atoms with van der Waals surface area (Å²) in [6, 6.07) is 10.4. The van der Waals surface area contributed by atoms with Crippen LogP contribution in [0.2, 0.25) is 5.02 Å². The Balaban J connectivity index is 1.54. The maximum absolute atomic E-state index is 13.6. The molecule has 0 aliphatic carbocycles. The second-order valence-electron chi connectivity index (χ2n) is 5.68. The number of nitrogens with zero attached hydrogens (tertiary/aromatic N) is 2. The monoisotopic (exact) mass is 388 g/mol. The van der Waals surface area contributed by atoms with Crippen molar-refractivity contribution in [3.63, 3.8) is 0 Å². The minimum Gasteiger partial charge on any atom is -0.354 e. The standard InChI is InChI=1S/C19H15ClF2N4O/c20-14-3-1-12(2-4-14)7-8-23-19-24-10-13(11-25-19)18(27)26-17-6-5-15(21)9-16(17)22/h1-6,9-11H,7-8H2,(H,26,27)(H,23,24,25). The first kappa shape index (κ1) is 18.7. The number of amides is 1. The van der Waals surface area contributed by atoms with Gasteiger partial charge in [0.1, 0.15) is 11.6 Å². The highest BCUT2D eigenvalue weighted by Gasteiger charge is 2.11. The third kappa shape index (κ3) is 5.21. The first-order valence-electron chi connectivity index (χ1n) is 8.08. The van der Waals surface area contributed by atoms with Crippen LogP contribution in [0.4, 0.5) is 20.4 Å². The van der Waals surface area contributed by atoms with Crippen LogP contribution in [0, 0.1) is 11.6 Å². The van der Waals surface area contributed by atoms with Crippen LogP contribution in [0.15, 0.2) is 54.9 Å². The van der Waals surface area contributed by atoms with Crippen molar-refractivity contribution in [3.8, 4) is 0 Å². The summed E-state index contributed by atoms with van der Waals surface area (Å²) in [5.41, 5.74) is 1.15. The van der Waals surface area contributed by atoms with Crippen LogP contribution in [0.5, 0.6) is 0 Å². The van der Waals surface area contributed by atoms with Crippen LogP contribution in [-0.4, -0.2) is 22.4 Å². The number of carbonyl (C=O) groups excluding carboxylic acids is 1. The zero-order chi connectivity index (χ0) is 19.2. The van der Waals surface area contributed by atoms with Crippen molar-refractivity contribution < 1.29 is 13.6 Å². The molecule has 1 heterocycles. The minimum atomic E-state index is -0.857. The molecule has 138 valence electrons. The fraction of sp³-hybridized carbons (Fsp3) is 0.105. The van der Waals surface area contributed by atoms with E-state index in [1.54, 1.807) is 0 Å². The Kier molecular flexibility index (Phi) is 5.93. The lowest BCUT2D eigenvalue weighted by molar-refractivity contribution is 0.102. The zero-order valence-electron chi connectivity index (χ0n) is 14.0. The molecule has 0 unspecified atom stereocenters. The maximum Gasteiger partial charge on any atom is 0.258 e. The van der Waals surface area contributed by atoms with Crippen molar-refractivity contribution in [1.82, 2.24) is 9.97 Å². The summed E-state index contributed by atoms with van der Waals surface area (Å²) in [4.78, 5) is 20.2. The lowest BCUT2D eigenvalue weighted by atomic mass is 10.1. The van der Waals surface area contributed by atoms with Gasteiger partial charge < -0.3 is 10.6 Å². The number of rotatable bonds is 6. The van der Waals surface area contributed by atoms with Crippen molar-refractivity contribution in [2.45, 2.75) is 6.42 Å². The highest BCUT2D eigenvalue weighted by Crippen LogP contribution is 2.16. The van der Waals surface area contributed by atoms with E-state index in [4.69, 9.17) is 11.6 Å². The summed E-state index contributed by atoms with van der Waals surface area (Å²) in [7, 11) is 0. The van der Waals surface area contributed by atoms with Crippen LogP contribution in [-0.2, 0) is 6.42 Å². The van der Waals surface area contributed by atoms with Gasteiger partial charge in [-0.05, 0) is 36.2 Å². The molecule has 0 saturated heterocycles. The van der Waals surface area contributed by atoms with Gasteiger partial charge in [-0.15, -0.1) is 0 Å². The third-order valence-corrected chi connectivity index (χ3v) is 3.96. The number of anilines is 2. The molecule has 2 N–H and O–H groups in total. The van der Waals surface area contributed by atoms with Gasteiger partial charge in [-0.2, -0.15) is 0 Å². The Hall–Kier alpha value is -3.06. The van der Waals surface area contributed by atoms with Gasteiger partial charge in [0.05, 0.1) is 11.3 Å². The van der Waals surface area contributed by atoms with Crippen molar-refractivity contribution in [3.05, 3.63) is 82.6 Å². The van der Waals surface area contributed by atoms with Gasteiger partial charge in [-0.1, -0.05) is 23.7 Å². The molecule has 0 spiro atoms. The molecule has 0 radical (unpaired) electrons. The summed E-state index contributed by atoms with van der Waals surface area (Å²) in [6.07, 6.45) is 3.41. The van der Waals surface area contributed by atoms with Gasteiger partial charge in [0, 0.05) is 30.0 Å². The SMILES string of the molecule is O=C(Nc1ccc(F)cc1F)c1cnc(NCCc2ccc(Cl)cc2)nc1. The maximum atomic E-state index is 13.6. The second-order valence-corrected chi connectivity index (χ2v) is 6.11. The summed E-state index contributed by atoms with van der Waals surface area (Å²) < 4.78 is 26.5. The van der Waals surface area contributed by atoms with Crippen LogP contribution < -0.4 is 10.6 Å². The molecule has 0 aliphatic heterocycles. The first-order chi connectivity index (χ1) is 13.0. The summed E-state index contributed by atoms with van der Waals surface area (Å²) in [6.45, 7) is 0.605. The molecule has 0 aliphatic rings. The minimum absolute atomic E-state index is 0.119. The largest absolute Gasteiger partial charge is 0.354 e. The van der Waals surface area contributed by atoms with Crippen LogP contribution >= 0.6 is 11.6 Å². The molecule has 2 aromatic carbocycles. The van der Waals surface area contributed by atoms with Crippen LogP contribution in [0.1, 0.15) is 15.9 Å². The Morgan fingerprint density at radius 2 is 1.74 bits per heavy atom.